The Bertz CT molecular complexity index is 922. The molecule has 2 fully saturated rings. The highest BCUT2D eigenvalue weighted by Gasteiger charge is 2.48. The van der Waals surface area contributed by atoms with Crippen LogP contribution in [0.15, 0.2) is 48.5 Å². The van der Waals surface area contributed by atoms with Gasteiger partial charge in [0.2, 0.25) is 5.91 Å². The predicted molar refractivity (Wildman–Crippen MR) is 120 cm³/mol. The zero-order chi connectivity index (χ0) is 22.2. The van der Waals surface area contributed by atoms with E-state index in [4.69, 9.17) is 4.74 Å². The van der Waals surface area contributed by atoms with E-state index in [9.17, 15) is 9.18 Å². The van der Waals surface area contributed by atoms with Gasteiger partial charge in [-0.1, -0.05) is 45.0 Å². The molecular formula is C26H33FN2O2. The largest absolute Gasteiger partial charge is 0.497 e. The number of nitrogens with zero attached hydrogens (tertiary/aromatic N) is 2. The van der Waals surface area contributed by atoms with E-state index in [1.165, 1.54) is 17.7 Å². The van der Waals surface area contributed by atoms with E-state index in [1.807, 2.05) is 45.0 Å². The molecule has 3 atom stereocenters. The highest BCUT2D eigenvalue weighted by molar-refractivity contribution is 5.82. The molecule has 31 heavy (non-hydrogen) atoms. The summed E-state index contributed by atoms with van der Waals surface area (Å²) in [5.41, 5.74) is 1.97. The van der Waals surface area contributed by atoms with E-state index < -0.39 is 0 Å². The van der Waals surface area contributed by atoms with Gasteiger partial charge in [-0.3, -0.25) is 9.69 Å². The average molecular weight is 425 g/mol. The lowest BCUT2D eigenvalue weighted by atomic mass is 9.81. The van der Waals surface area contributed by atoms with Crippen molar-refractivity contribution >= 4 is 5.91 Å². The molecule has 0 N–H and O–H groups in total. The molecule has 2 saturated heterocycles. The van der Waals surface area contributed by atoms with Gasteiger partial charge in [-0.2, -0.15) is 0 Å². The van der Waals surface area contributed by atoms with E-state index in [2.05, 4.69) is 21.9 Å². The Morgan fingerprint density at radius 1 is 1.13 bits per heavy atom. The first-order valence-corrected chi connectivity index (χ1v) is 11.2. The van der Waals surface area contributed by atoms with Crippen LogP contribution in [0.25, 0.3) is 0 Å². The Hall–Kier alpha value is -2.40. The first kappa shape index (κ1) is 21.8. The monoisotopic (exact) mass is 424 g/mol. The molecule has 0 unspecified atom stereocenters. The van der Waals surface area contributed by atoms with Gasteiger partial charge in [0.15, 0.2) is 0 Å². The number of hydrogen-bond acceptors (Lipinski definition) is 3. The van der Waals surface area contributed by atoms with Crippen molar-refractivity contribution in [3.8, 4) is 5.75 Å². The lowest BCUT2D eigenvalue weighted by molar-refractivity contribution is -0.141. The molecule has 0 radical (unpaired) electrons. The van der Waals surface area contributed by atoms with Gasteiger partial charge in [-0.25, -0.2) is 4.39 Å². The minimum atomic E-state index is -0.390. The molecule has 0 aromatic heterocycles. The molecule has 2 aromatic rings. The van der Waals surface area contributed by atoms with Crippen LogP contribution in [0.4, 0.5) is 4.39 Å². The summed E-state index contributed by atoms with van der Waals surface area (Å²) < 4.78 is 18.8. The van der Waals surface area contributed by atoms with Crippen molar-refractivity contribution in [3.63, 3.8) is 0 Å². The molecule has 2 aliphatic heterocycles. The SMILES string of the molecule is COc1cccc([C@@H]2CN(C(=O)C(C)(C)C)[C@H]3CCN(Cc4ccc(F)cc4)C[C@@H]23)c1. The van der Waals surface area contributed by atoms with Crippen LogP contribution in [0, 0.1) is 17.2 Å². The lowest BCUT2D eigenvalue weighted by Gasteiger charge is -2.40. The predicted octanol–water partition coefficient (Wildman–Crippen LogP) is 4.70. The van der Waals surface area contributed by atoms with E-state index >= 15 is 0 Å². The summed E-state index contributed by atoms with van der Waals surface area (Å²) >= 11 is 0. The first-order valence-electron chi connectivity index (χ1n) is 11.2. The number of carbonyl (C=O) groups is 1. The van der Waals surface area contributed by atoms with Crippen molar-refractivity contribution in [1.29, 1.82) is 0 Å². The normalized spacial score (nSPS) is 24.2. The number of halogens is 1. The second-order valence-corrected chi connectivity index (χ2v) is 9.97. The van der Waals surface area contributed by atoms with Gasteiger partial charge in [0.05, 0.1) is 7.11 Å². The van der Waals surface area contributed by atoms with Gasteiger partial charge in [0.25, 0.3) is 0 Å². The van der Waals surface area contributed by atoms with Crippen molar-refractivity contribution < 1.29 is 13.9 Å². The molecule has 0 spiro atoms. The van der Waals surface area contributed by atoms with Crippen molar-refractivity contribution in [2.45, 2.75) is 45.7 Å². The quantitative estimate of drug-likeness (QED) is 0.713. The third-order valence-corrected chi connectivity index (χ3v) is 6.76. The molecule has 2 heterocycles. The molecular weight excluding hydrogens is 391 g/mol. The number of methoxy groups -OCH3 is 1. The zero-order valence-corrected chi connectivity index (χ0v) is 19.0. The number of fused-ring (bicyclic) bond motifs is 1. The molecule has 166 valence electrons. The maximum absolute atomic E-state index is 13.3. The molecule has 2 aromatic carbocycles. The topological polar surface area (TPSA) is 32.8 Å². The number of ether oxygens (including phenoxy) is 1. The first-order chi connectivity index (χ1) is 14.8. The van der Waals surface area contributed by atoms with Crippen molar-refractivity contribution in [3.05, 3.63) is 65.5 Å². The van der Waals surface area contributed by atoms with Gasteiger partial charge >= 0.3 is 0 Å². The van der Waals surface area contributed by atoms with Crippen LogP contribution in [0.2, 0.25) is 0 Å². The van der Waals surface area contributed by atoms with E-state index in [-0.39, 0.29) is 29.1 Å². The van der Waals surface area contributed by atoms with Crippen molar-refractivity contribution in [2.24, 2.45) is 11.3 Å². The molecule has 5 heteroatoms. The summed E-state index contributed by atoms with van der Waals surface area (Å²) in [5.74, 6) is 1.54. The third-order valence-electron chi connectivity index (χ3n) is 6.76. The molecule has 1 amide bonds. The van der Waals surface area contributed by atoms with Gasteiger partial charge in [-0.15, -0.1) is 0 Å². The highest BCUT2D eigenvalue weighted by atomic mass is 19.1. The van der Waals surface area contributed by atoms with Crippen LogP contribution < -0.4 is 4.74 Å². The molecule has 0 saturated carbocycles. The standard InChI is InChI=1S/C26H33FN2O2/c1-26(2,3)25(30)29-17-22(19-6-5-7-21(14-19)31-4)23-16-28(13-12-24(23)29)15-18-8-10-20(27)11-9-18/h5-11,14,22-24H,12-13,15-17H2,1-4H3/t22-,23-,24-/m0/s1. The molecule has 0 aliphatic carbocycles. The molecule has 4 rings (SSSR count). The number of likely N-dealkylation sites (tertiary alicyclic amines) is 2. The van der Waals surface area contributed by atoms with Gasteiger partial charge in [0.1, 0.15) is 11.6 Å². The summed E-state index contributed by atoms with van der Waals surface area (Å²) in [6, 6.07) is 15.3. The van der Waals surface area contributed by atoms with Crippen LogP contribution in [0.1, 0.15) is 44.2 Å². The zero-order valence-electron chi connectivity index (χ0n) is 19.0. The van der Waals surface area contributed by atoms with Crippen molar-refractivity contribution in [1.82, 2.24) is 9.80 Å². The van der Waals surface area contributed by atoms with Crippen molar-refractivity contribution in [2.75, 3.05) is 26.7 Å². The Morgan fingerprint density at radius 2 is 1.87 bits per heavy atom. The number of amides is 1. The maximum Gasteiger partial charge on any atom is 0.228 e. The highest BCUT2D eigenvalue weighted by Crippen LogP contribution is 2.43. The van der Waals surface area contributed by atoms with Gasteiger partial charge < -0.3 is 9.64 Å². The van der Waals surface area contributed by atoms with Crippen LogP contribution in [-0.4, -0.2) is 48.5 Å². The van der Waals surface area contributed by atoms with Crippen LogP contribution >= 0.6 is 0 Å². The summed E-state index contributed by atoms with van der Waals surface area (Å²) in [6.07, 6.45) is 0.966. The summed E-state index contributed by atoms with van der Waals surface area (Å²) in [5, 5.41) is 0. The second-order valence-electron chi connectivity index (χ2n) is 9.97. The van der Waals surface area contributed by atoms with Crippen LogP contribution in [-0.2, 0) is 11.3 Å². The Balaban J connectivity index is 1.59. The Kier molecular flexibility index (Phi) is 6.07. The number of carbonyl (C=O) groups excluding carboxylic acids is 1. The fourth-order valence-electron chi connectivity index (χ4n) is 5.19. The van der Waals surface area contributed by atoms with E-state index in [0.717, 1.165) is 43.9 Å². The fraction of sp³-hybridized carbons (Fsp3) is 0.500. The number of benzene rings is 2. The van der Waals surface area contributed by atoms with Crippen LogP contribution in [0.3, 0.4) is 0 Å². The molecule has 0 bridgehead atoms. The number of piperidine rings is 1. The number of hydrogen-bond donors (Lipinski definition) is 0. The summed E-state index contributed by atoms with van der Waals surface area (Å²) in [4.78, 5) is 17.9. The minimum Gasteiger partial charge on any atom is -0.497 e. The summed E-state index contributed by atoms with van der Waals surface area (Å²) in [6.45, 7) is 9.45. The Labute approximate surface area is 185 Å². The molecule has 2 aliphatic rings. The fourth-order valence-corrected chi connectivity index (χ4v) is 5.19. The average Bonchev–Trinajstić information content (AvgIpc) is 3.13. The van der Waals surface area contributed by atoms with E-state index in [0.29, 0.717) is 5.92 Å². The lowest BCUT2D eigenvalue weighted by Crippen LogP contribution is -2.49. The summed E-state index contributed by atoms with van der Waals surface area (Å²) in [7, 11) is 1.69. The minimum absolute atomic E-state index is 0.201. The Morgan fingerprint density at radius 3 is 2.55 bits per heavy atom. The van der Waals surface area contributed by atoms with Gasteiger partial charge in [-0.05, 0) is 41.8 Å². The maximum atomic E-state index is 13.3. The molecule has 4 nitrogen and oxygen atoms in total. The van der Waals surface area contributed by atoms with Gasteiger partial charge in [0, 0.05) is 49.5 Å². The second kappa shape index (κ2) is 8.62. The third kappa shape index (κ3) is 4.62. The van der Waals surface area contributed by atoms with Crippen LogP contribution in [0.5, 0.6) is 5.75 Å². The van der Waals surface area contributed by atoms with E-state index in [1.54, 1.807) is 7.11 Å². The smallest absolute Gasteiger partial charge is 0.228 e. The number of rotatable bonds is 4.